The first-order chi connectivity index (χ1) is 5.52. The van der Waals surface area contributed by atoms with Crippen LogP contribution in [0.2, 0.25) is 5.02 Å². The number of benzene rings is 1. The van der Waals surface area contributed by atoms with E-state index in [1.165, 1.54) is 6.92 Å². The van der Waals surface area contributed by atoms with Crippen molar-refractivity contribution in [1.29, 1.82) is 0 Å². The smallest absolute Gasteiger partial charge is 0.163 e. The van der Waals surface area contributed by atoms with E-state index in [4.69, 9.17) is 11.6 Å². The Hall–Kier alpha value is -0.160. The lowest BCUT2D eigenvalue weighted by atomic mass is 10.1. The minimum Gasteiger partial charge on any atom is -0.294 e. The molecule has 0 bridgehead atoms. The first-order valence-electron chi connectivity index (χ1n) is 3.18. The molecule has 1 nitrogen and oxygen atoms in total. The van der Waals surface area contributed by atoms with Gasteiger partial charge in [-0.3, -0.25) is 4.79 Å². The standard InChI is InChI=1S/C8H5ClFIO/c1-4(12)8-6(10)2-5(9)3-7(8)11/h2-3H,1H3. The highest BCUT2D eigenvalue weighted by atomic mass is 127. The minimum atomic E-state index is -0.556. The van der Waals surface area contributed by atoms with Gasteiger partial charge in [0.15, 0.2) is 5.78 Å². The number of hydrogen-bond acceptors (Lipinski definition) is 1. The normalized spacial score (nSPS) is 10.0. The predicted molar refractivity (Wildman–Crippen MR) is 54.1 cm³/mol. The summed E-state index contributed by atoms with van der Waals surface area (Å²) in [6.45, 7) is 1.33. The molecule has 0 aliphatic heterocycles. The van der Waals surface area contributed by atoms with Crippen LogP contribution in [0.1, 0.15) is 17.3 Å². The fraction of sp³-hybridized carbons (Fsp3) is 0.125. The minimum absolute atomic E-state index is 0.111. The Morgan fingerprint density at radius 3 is 2.58 bits per heavy atom. The van der Waals surface area contributed by atoms with Crippen LogP contribution in [0.4, 0.5) is 4.39 Å². The largest absolute Gasteiger partial charge is 0.294 e. The highest BCUT2D eigenvalue weighted by Gasteiger charge is 2.12. The van der Waals surface area contributed by atoms with Gasteiger partial charge in [-0.05, 0) is 41.6 Å². The summed E-state index contributed by atoms with van der Waals surface area (Å²) in [6, 6.07) is 2.70. The van der Waals surface area contributed by atoms with Gasteiger partial charge >= 0.3 is 0 Å². The van der Waals surface area contributed by atoms with Gasteiger partial charge in [-0.25, -0.2) is 4.39 Å². The fourth-order valence-corrected chi connectivity index (χ4v) is 2.24. The van der Waals surface area contributed by atoms with Crippen molar-refractivity contribution in [2.45, 2.75) is 6.92 Å². The third-order valence-electron chi connectivity index (χ3n) is 1.36. The van der Waals surface area contributed by atoms with Crippen LogP contribution in [0.15, 0.2) is 12.1 Å². The predicted octanol–water partition coefficient (Wildman–Crippen LogP) is 3.29. The Balaban J connectivity index is 3.38. The third kappa shape index (κ3) is 1.95. The average molecular weight is 298 g/mol. The van der Waals surface area contributed by atoms with Crippen molar-refractivity contribution in [3.05, 3.63) is 32.1 Å². The summed E-state index contributed by atoms with van der Waals surface area (Å²) in [7, 11) is 0. The maximum Gasteiger partial charge on any atom is 0.163 e. The maximum atomic E-state index is 13.1. The van der Waals surface area contributed by atoms with Crippen molar-refractivity contribution in [1.82, 2.24) is 0 Å². The van der Waals surface area contributed by atoms with E-state index in [0.29, 0.717) is 8.59 Å². The van der Waals surface area contributed by atoms with E-state index in [0.717, 1.165) is 6.07 Å². The van der Waals surface area contributed by atoms with Gasteiger partial charge in [-0.15, -0.1) is 0 Å². The average Bonchev–Trinajstić information content (AvgIpc) is 1.82. The number of Topliss-reactive ketones (excluding diaryl/α,β-unsaturated/α-hetero) is 1. The van der Waals surface area contributed by atoms with Crippen LogP contribution in [0, 0.1) is 9.39 Å². The van der Waals surface area contributed by atoms with Crippen LogP contribution in [0.5, 0.6) is 0 Å². The van der Waals surface area contributed by atoms with Crippen LogP contribution in [-0.4, -0.2) is 5.78 Å². The Morgan fingerprint density at radius 2 is 2.17 bits per heavy atom. The number of halogens is 3. The van der Waals surface area contributed by atoms with Crippen LogP contribution in [0.3, 0.4) is 0 Å². The van der Waals surface area contributed by atoms with E-state index >= 15 is 0 Å². The van der Waals surface area contributed by atoms with Crippen molar-refractivity contribution < 1.29 is 9.18 Å². The van der Waals surface area contributed by atoms with Gasteiger partial charge in [0.25, 0.3) is 0 Å². The van der Waals surface area contributed by atoms with Gasteiger partial charge in [-0.1, -0.05) is 11.6 Å². The molecule has 64 valence electrons. The van der Waals surface area contributed by atoms with Gasteiger partial charge < -0.3 is 0 Å². The molecule has 12 heavy (non-hydrogen) atoms. The van der Waals surface area contributed by atoms with Crippen LogP contribution < -0.4 is 0 Å². The van der Waals surface area contributed by atoms with Crippen LogP contribution in [-0.2, 0) is 0 Å². The number of rotatable bonds is 1. The maximum absolute atomic E-state index is 13.1. The lowest BCUT2D eigenvalue weighted by Gasteiger charge is -2.01. The number of carbonyl (C=O) groups is 1. The molecular weight excluding hydrogens is 293 g/mol. The summed E-state index contributed by atoms with van der Waals surface area (Å²) in [6.07, 6.45) is 0. The zero-order valence-corrected chi connectivity index (χ0v) is 9.11. The van der Waals surface area contributed by atoms with E-state index in [1.807, 2.05) is 22.6 Å². The van der Waals surface area contributed by atoms with Crippen molar-refractivity contribution in [3.8, 4) is 0 Å². The second kappa shape index (κ2) is 3.70. The fourth-order valence-electron chi connectivity index (χ4n) is 0.879. The molecule has 0 unspecified atom stereocenters. The molecule has 1 rings (SSSR count). The first-order valence-corrected chi connectivity index (χ1v) is 4.63. The molecule has 0 radical (unpaired) electrons. The lowest BCUT2D eigenvalue weighted by Crippen LogP contribution is -2.00. The van der Waals surface area contributed by atoms with Crippen LogP contribution in [0.25, 0.3) is 0 Å². The van der Waals surface area contributed by atoms with Gasteiger partial charge in [0.05, 0.1) is 5.56 Å². The number of ketones is 1. The molecule has 0 saturated heterocycles. The molecular formula is C8H5ClFIO. The first kappa shape index (κ1) is 9.92. The van der Waals surface area contributed by atoms with Crippen molar-refractivity contribution in [3.63, 3.8) is 0 Å². The topological polar surface area (TPSA) is 17.1 Å². The molecule has 4 heteroatoms. The molecule has 1 aromatic rings. The highest BCUT2D eigenvalue weighted by molar-refractivity contribution is 14.1. The Bertz CT molecular complexity index is 315. The second-order valence-electron chi connectivity index (χ2n) is 2.30. The highest BCUT2D eigenvalue weighted by Crippen LogP contribution is 2.21. The van der Waals surface area contributed by atoms with Gasteiger partial charge in [0.1, 0.15) is 5.82 Å². The SMILES string of the molecule is CC(=O)c1c(F)cc(Cl)cc1I. The van der Waals surface area contributed by atoms with Crippen LogP contribution >= 0.6 is 34.2 Å². The zero-order valence-electron chi connectivity index (χ0n) is 6.20. The molecule has 0 N–H and O–H groups in total. The molecule has 1 aromatic carbocycles. The monoisotopic (exact) mass is 298 g/mol. The molecule has 0 aliphatic carbocycles. The second-order valence-corrected chi connectivity index (χ2v) is 3.90. The van der Waals surface area contributed by atoms with Crippen molar-refractivity contribution in [2.24, 2.45) is 0 Å². The molecule has 0 aliphatic rings. The molecule has 0 saturated carbocycles. The van der Waals surface area contributed by atoms with E-state index in [2.05, 4.69) is 0 Å². The molecule has 0 heterocycles. The molecule has 0 spiro atoms. The van der Waals surface area contributed by atoms with E-state index < -0.39 is 5.82 Å². The molecule has 0 atom stereocenters. The summed E-state index contributed by atoms with van der Waals surface area (Å²) in [4.78, 5) is 10.9. The Morgan fingerprint density at radius 1 is 1.58 bits per heavy atom. The third-order valence-corrected chi connectivity index (χ3v) is 2.43. The number of carbonyl (C=O) groups excluding carboxylic acids is 1. The molecule has 0 fully saturated rings. The summed E-state index contributed by atoms with van der Waals surface area (Å²) in [5, 5.41) is 0.307. The quantitative estimate of drug-likeness (QED) is 0.574. The summed E-state index contributed by atoms with van der Waals surface area (Å²) < 4.78 is 13.6. The summed E-state index contributed by atoms with van der Waals surface area (Å²) in [5.41, 5.74) is 0.111. The van der Waals surface area contributed by atoms with Crippen molar-refractivity contribution >= 4 is 40.0 Å². The van der Waals surface area contributed by atoms with E-state index in [-0.39, 0.29) is 11.3 Å². The zero-order chi connectivity index (χ0) is 9.30. The van der Waals surface area contributed by atoms with E-state index in [9.17, 15) is 9.18 Å². The van der Waals surface area contributed by atoms with Gasteiger partial charge in [-0.2, -0.15) is 0 Å². The summed E-state index contributed by atoms with van der Waals surface area (Å²) in [5.74, 6) is -0.840. The number of hydrogen-bond donors (Lipinski definition) is 0. The lowest BCUT2D eigenvalue weighted by molar-refractivity contribution is 0.101. The summed E-state index contributed by atoms with van der Waals surface area (Å²) >= 11 is 7.45. The van der Waals surface area contributed by atoms with Gasteiger partial charge in [0, 0.05) is 8.59 Å². The molecule has 0 amide bonds. The Kier molecular flexibility index (Phi) is 3.06. The van der Waals surface area contributed by atoms with E-state index in [1.54, 1.807) is 6.07 Å². The van der Waals surface area contributed by atoms with Gasteiger partial charge in [0.2, 0.25) is 0 Å². The Labute approximate surface area is 88.1 Å². The van der Waals surface area contributed by atoms with Crippen molar-refractivity contribution in [2.75, 3.05) is 0 Å². The molecule has 0 aromatic heterocycles.